The molecule has 0 saturated heterocycles. The van der Waals surface area contributed by atoms with E-state index in [-0.39, 0.29) is 16.8 Å². The van der Waals surface area contributed by atoms with Crippen LogP contribution in [-0.2, 0) is 11.3 Å². The Morgan fingerprint density at radius 3 is 2.61 bits per heavy atom. The van der Waals surface area contributed by atoms with E-state index < -0.39 is 4.92 Å². The van der Waals surface area contributed by atoms with E-state index in [2.05, 4.69) is 15.3 Å². The lowest BCUT2D eigenvalue weighted by atomic mass is 10.2. The third-order valence-electron chi connectivity index (χ3n) is 4.71. The van der Waals surface area contributed by atoms with Crippen LogP contribution in [0.3, 0.4) is 0 Å². The minimum atomic E-state index is -0.445. The van der Waals surface area contributed by atoms with E-state index in [0.29, 0.717) is 6.54 Å². The molecule has 0 bridgehead atoms. The first-order valence-electron chi connectivity index (χ1n) is 9.57. The standard InChI is InChI=1S/C22H19N5O3S/c1-15(31-18-9-7-17(8-10-18)27(29)30)22(28)24-13-16-6-11-21(23-12-16)26-14-25-19-4-2-3-5-20(19)26/h2-12,14-15H,13H2,1H3,(H,24,28). The third kappa shape index (κ3) is 4.72. The molecule has 1 atom stereocenters. The summed E-state index contributed by atoms with van der Waals surface area (Å²) in [6, 6.07) is 17.8. The van der Waals surface area contributed by atoms with E-state index in [1.807, 2.05) is 41.0 Å². The summed E-state index contributed by atoms with van der Waals surface area (Å²) in [5.41, 5.74) is 2.79. The molecule has 4 rings (SSSR count). The highest BCUT2D eigenvalue weighted by atomic mass is 32.2. The van der Waals surface area contributed by atoms with Crippen LogP contribution in [0, 0.1) is 10.1 Å². The van der Waals surface area contributed by atoms with Gasteiger partial charge in [-0.2, -0.15) is 0 Å². The lowest BCUT2D eigenvalue weighted by Gasteiger charge is -2.12. The Labute approximate surface area is 182 Å². The molecule has 1 amide bonds. The second kappa shape index (κ2) is 8.97. The van der Waals surface area contributed by atoms with E-state index in [1.54, 1.807) is 31.6 Å². The average molecular weight is 433 g/mol. The highest BCUT2D eigenvalue weighted by Crippen LogP contribution is 2.25. The van der Waals surface area contributed by atoms with Crippen LogP contribution >= 0.6 is 11.8 Å². The number of rotatable bonds is 7. The number of benzene rings is 2. The predicted octanol–water partition coefficient (Wildman–Crippen LogP) is 4.13. The van der Waals surface area contributed by atoms with Gasteiger partial charge in [-0.25, -0.2) is 9.97 Å². The van der Waals surface area contributed by atoms with Crippen LogP contribution in [0.15, 0.2) is 78.1 Å². The van der Waals surface area contributed by atoms with Gasteiger partial charge >= 0.3 is 0 Å². The summed E-state index contributed by atoms with van der Waals surface area (Å²) >= 11 is 1.35. The van der Waals surface area contributed by atoms with Crippen LogP contribution in [0.1, 0.15) is 12.5 Å². The number of imidazole rings is 1. The van der Waals surface area contributed by atoms with Gasteiger partial charge in [0.05, 0.1) is 21.2 Å². The quantitative estimate of drug-likeness (QED) is 0.267. The normalized spacial score (nSPS) is 11.9. The maximum Gasteiger partial charge on any atom is 0.269 e. The van der Waals surface area contributed by atoms with Gasteiger partial charge in [0.1, 0.15) is 12.1 Å². The Kier molecular flexibility index (Phi) is 5.94. The number of nitrogens with one attached hydrogen (secondary N) is 1. The molecule has 0 spiro atoms. The first kappa shape index (κ1) is 20.5. The predicted molar refractivity (Wildman–Crippen MR) is 119 cm³/mol. The zero-order chi connectivity index (χ0) is 21.8. The number of para-hydroxylation sites is 2. The van der Waals surface area contributed by atoms with Gasteiger partial charge in [0.15, 0.2) is 0 Å². The topological polar surface area (TPSA) is 103 Å². The minimum Gasteiger partial charge on any atom is -0.351 e. The molecule has 0 fully saturated rings. The van der Waals surface area contributed by atoms with Crippen LogP contribution in [-0.4, -0.2) is 30.6 Å². The van der Waals surface area contributed by atoms with Crippen LogP contribution in [0.5, 0.6) is 0 Å². The van der Waals surface area contributed by atoms with Crippen molar-refractivity contribution in [2.75, 3.05) is 0 Å². The summed E-state index contributed by atoms with van der Waals surface area (Å²) in [5, 5.41) is 13.3. The van der Waals surface area contributed by atoms with Crippen LogP contribution in [0.2, 0.25) is 0 Å². The minimum absolute atomic E-state index is 0.0288. The lowest BCUT2D eigenvalue weighted by molar-refractivity contribution is -0.384. The van der Waals surface area contributed by atoms with Crippen LogP contribution in [0.4, 0.5) is 5.69 Å². The fourth-order valence-corrected chi connectivity index (χ4v) is 3.93. The molecule has 2 aromatic carbocycles. The molecule has 2 heterocycles. The van der Waals surface area contributed by atoms with Crippen molar-refractivity contribution in [1.29, 1.82) is 0 Å². The molecular weight excluding hydrogens is 414 g/mol. The number of hydrogen-bond acceptors (Lipinski definition) is 6. The highest BCUT2D eigenvalue weighted by molar-refractivity contribution is 8.00. The van der Waals surface area contributed by atoms with Gasteiger partial charge < -0.3 is 5.32 Å². The van der Waals surface area contributed by atoms with Gasteiger partial charge in [-0.05, 0) is 42.8 Å². The molecule has 1 N–H and O–H groups in total. The zero-order valence-electron chi connectivity index (χ0n) is 16.6. The second-order valence-electron chi connectivity index (χ2n) is 6.86. The van der Waals surface area contributed by atoms with Crippen LogP contribution < -0.4 is 5.32 Å². The Morgan fingerprint density at radius 2 is 1.90 bits per heavy atom. The molecule has 0 aliphatic carbocycles. The van der Waals surface area contributed by atoms with Gasteiger partial charge in [-0.1, -0.05) is 18.2 Å². The summed E-state index contributed by atoms with van der Waals surface area (Å²) in [6.07, 6.45) is 3.48. The number of nitro groups is 1. The SMILES string of the molecule is CC(Sc1ccc([N+](=O)[O-])cc1)C(=O)NCc1ccc(-n2cnc3ccccc32)nc1. The lowest BCUT2D eigenvalue weighted by Crippen LogP contribution is -2.30. The summed E-state index contributed by atoms with van der Waals surface area (Å²) in [5.74, 6) is 0.638. The number of carbonyl (C=O) groups excluding carboxylic acids is 1. The monoisotopic (exact) mass is 433 g/mol. The molecule has 31 heavy (non-hydrogen) atoms. The van der Waals surface area contributed by atoms with Crippen molar-refractivity contribution >= 4 is 34.4 Å². The van der Waals surface area contributed by atoms with E-state index in [1.165, 1.54) is 23.9 Å². The van der Waals surface area contributed by atoms with Gasteiger partial charge in [0, 0.05) is 29.8 Å². The van der Waals surface area contributed by atoms with Crippen molar-refractivity contribution in [3.8, 4) is 5.82 Å². The smallest absolute Gasteiger partial charge is 0.269 e. The van der Waals surface area contributed by atoms with Crippen molar-refractivity contribution < 1.29 is 9.72 Å². The van der Waals surface area contributed by atoms with Gasteiger partial charge in [0.2, 0.25) is 5.91 Å². The number of amides is 1. The molecule has 8 nitrogen and oxygen atoms in total. The van der Waals surface area contributed by atoms with Crippen molar-refractivity contribution in [3.05, 3.63) is 88.9 Å². The largest absolute Gasteiger partial charge is 0.351 e. The van der Waals surface area contributed by atoms with Crippen LogP contribution in [0.25, 0.3) is 16.9 Å². The van der Waals surface area contributed by atoms with E-state index >= 15 is 0 Å². The first-order chi connectivity index (χ1) is 15.0. The Bertz CT molecular complexity index is 1220. The van der Waals surface area contributed by atoms with Crippen molar-refractivity contribution in [1.82, 2.24) is 19.9 Å². The summed E-state index contributed by atoms with van der Waals surface area (Å²) in [7, 11) is 0. The number of nitrogens with zero attached hydrogens (tertiary/aromatic N) is 4. The molecule has 9 heteroatoms. The number of nitro benzene ring substituents is 1. The fourth-order valence-electron chi connectivity index (χ4n) is 3.04. The summed E-state index contributed by atoms with van der Waals surface area (Å²) in [6.45, 7) is 2.16. The number of carbonyl (C=O) groups is 1. The Balaban J connectivity index is 1.34. The number of non-ortho nitro benzene ring substituents is 1. The molecule has 0 aliphatic heterocycles. The number of aromatic nitrogens is 3. The second-order valence-corrected chi connectivity index (χ2v) is 8.27. The third-order valence-corrected chi connectivity index (χ3v) is 5.82. The Morgan fingerprint density at radius 1 is 1.13 bits per heavy atom. The maximum absolute atomic E-state index is 12.4. The average Bonchev–Trinajstić information content (AvgIpc) is 3.22. The van der Waals surface area contributed by atoms with E-state index in [0.717, 1.165) is 27.3 Å². The maximum atomic E-state index is 12.4. The summed E-state index contributed by atoms with van der Waals surface area (Å²) < 4.78 is 1.92. The molecule has 0 saturated carbocycles. The number of fused-ring (bicyclic) bond motifs is 1. The zero-order valence-corrected chi connectivity index (χ0v) is 17.5. The number of thioether (sulfide) groups is 1. The number of hydrogen-bond donors (Lipinski definition) is 1. The molecule has 0 aliphatic rings. The van der Waals surface area contributed by atoms with E-state index in [4.69, 9.17) is 0 Å². The van der Waals surface area contributed by atoms with Crippen molar-refractivity contribution in [2.45, 2.75) is 23.6 Å². The molecule has 4 aromatic rings. The van der Waals surface area contributed by atoms with Crippen molar-refractivity contribution in [3.63, 3.8) is 0 Å². The molecule has 0 radical (unpaired) electrons. The molecule has 1 unspecified atom stereocenters. The fraction of sp³-hybridized carbons (Fsp3) is 0.136. The van der Waals surface area contributed by atoms with E-state index in [9.17, 15) is 14.9 Å². The molecule has 2 aromatic heterocycles. The number of pyridine rings is 1. The molecule has 156 valence electrons. The molecular formula is C22H19N5O3S. The summed E-state index contributed by atoms with van der Waals surface area (Å²) in [4.78, 5) is 32.4. The highest BCUT2D eigenvalue weighted by Gasteiger charge is 2.15. The van der Waals surface area contributed by atoms with Gasteiger partial charge in [-0.15, -0.1) is 11.8 Å². The Hall–Kier alpha value is -3.72. The first-order valence-corrected chi connectivity index (χ1v) is 10.5. The van der Waals surface area contributed by atoms with Gasteiger partial charge in [-0.3, -0.25) is 19.5 Å². The van der Waals surface area contributed by atoms with Gasteiger partial charge in [0.25, 0.3) is 5.69 Å². The van der Waals surface area contributed by atoms with Crippen molar-refractivity contribution in [2.24, 2.45) is 0 Å².